The Morgan fingerprint density at radius 2 is 1.35 bits per heavy atom. The van der Waals surface area contributed by atoms with E-state index in [2.05, 4.69) is 51.1 Å². The molecule has 1 aliphatic rings. The Morgan fingerprint density at radius 3 is 1.90 bits per heavy atom. The van der Waals surface area contributed by atoms with E-state index in [-0.39, 0.29) is 30.4 Å². The summed E-state index contributed by atoms with van der Waals surface area (Å²) in [5.41, 5.74) is 0.504. The van der Waals surface area contributed by atoms with Gasteiger partial charge in [0.25, 0.3) is 5.91 Å². The van der Waals surface area contributed by atoms with E-state index >= 15 is 0 Å². The van der Waals surface area contributed by atoms with Crippen LogP contribution in [-0.2, 0) is 49.5 Å². The van der Waals surface area contributed by atoms with E-state index in [0.29, 0.717) is 30.7 Å². The lowest BCUT2D eigenvalue weighted by Gasteiger charge is -2.32. The number of cyclic esters (lactones) is 1. The van der Waals surface area contributed by atoms with Crippen molar-refractivity contribution in [2.45, 2.75) is 164 Å². The van der Waals surface area contributed by atoms with Gasteiger partial charge in [0.2, 0.25) is 35.4 Å². The zero-order valence-electron chi connectivity index (χ0n) is 38.8. The molecule has 7 amide bonds. The van der Waals surface area contributed by atoms with Gasteiger partial charge in [0.15, 0.2) is 0 Å². The summed E-state index contributed by atoms with van der Waals surface area (Å²) in [7, 11) is 0. The van der Waals surface area contributed by atoms with Crippen molar-refractivity contribution in [2.24, 2.45) is 29.6 Å². The third-order valence-corrected chi connectivity index (χ3v) is 11.3. The maximum absolute atomic E-state index is 14.5. The molecule has 0 aliphatic carbocycles. The maximum Gasteiger partial charge on any atom is 0.329 e. The van der Waals surface area contributed by atoms with Gasteiger partial charge in [-0.15, -0.1) is 0 Å². The van der Waals surface area contributed by atoms with Crippen molar-refractivity contribution in [3.8, 4) is 0 Å². The third-order valence-electron chi connectivity index (χ3n) is 11.3. The standard InChI is InChI=1S/C46H73N7O9/c1-13-28(10)37(49-34(54)23-19-20-25(4)5)43(58)53-39-30(12)62-46(61)36(27(8)9)51-40(55)32(15-3)47-41(56)33(24-31-21-17-16-18-22-31)48-42(57)35(26(6)7)50-44(59)38(29(11)14-2)52-45(39)60/h15-18,21-22,25-30,33,35-39H,13-14,19-20,23-24H2,1-12H3,(H,47,56)(H,48,57)(H,49,54)(H,50,59)(H,51,55)(H,52,60)(H,53,58)/b32-15-/t28-,29-,30+,33-,35+,36-,37+,38+,39+/m0/s1. The summed E-state index contributed by atoms with van der Waals surface area (Å²) < 4.78 is 5.85. The van der Waals surface area contributed by atoms with Crippen LogP contribution in [-0.4, -0.2) is 89.7 Å². The van der Waals surface area contributed by atoms with Crippen molar-refractivity contribution in [3.63, 3.8) is 0 Å². The molecule has 16 heteroatoms. The van der Waals surface area contributed by atoms with Gasteiger partial charge in [0.05, 0.1) is 0 Å². The molecule has 346 valence electrons. The first-order chi connectivity index (χ1) is 29.1. The Hall–Kier alpha value is -5.28. The van der Waals surface area contributed by atoms with Crippen LogP contribution in [0.1, 0.15) is 121 Å². The lowest BCUT2D eigenvalue weighted by atomic mass is 9.95. The Bertz CT molecular complexity index is 1730. The van der Waals surface area contributed by atoms with Crippen molar-refractivity contribution in [1.82, 2.24) is 37.2 Å². The van der Waals surface area contributed by atoms with Crippen molar-refractivity contribution >= 4 is 47.3 Å². The van der Waals surface area contributed by atoms with Gasteiger partial charge in [-0.05, 0) is 55.4 Å². The second-order valence-electron chi connectivity index (χ2n) is 17.6. The van der Waals surface area contributed by atoms with Crippen molar-refractivity contribution < 1.29 is 43.1 Å². The second kappa shape index (κ2) is 25.6. The Kier molecular flexibility index (Phi) is 21.8. The van der Waals surface area contributed by atoms with Gasteiger partial charge in [0, 0.05) is 12.8 Å². The summed E-state index contributed by atoms with van der Waals surface area (Å²) in [4.78, 5) is 112. The predicted octanol–water partition coefficient (Wildman–Crippen LogP) is 3.33. The van der Waals surface area contributed by atoms with E-state index in [1.165, 1.54) is 19.9 Å². The van der Waals surface area contributed by atoms with E-state index in [9.17, 15) is 38.4 Å². The molecule has 9 atom stereocenters. The average Bonchev–Trinajstić information content (AvgIpc) is 3.22. The number of rotatable bonds is 15. The number of hydrogen-bond acceptors (Lipinski definition) is 9. The van der Waals surface area contributed by atoms with E-state index in [1.807, 2.05) is 13.8 Å². The first kappa shape index (κ1) is 52.9. The van der Waals surface area contributed by atoms with Gasteiger partial charge in [-0.2, -0.15) is 0 Å². The normalized spacial score (nSPS) is 24.6. The highest BCUT2D eigenvalue weighted by Gasteiger charge is 2.40. The number of carbonyl (C=O) groups is 8. The monoisotopic (exact) mass is 868 g/mol. The number of carbonyl (C=O) groups excluding carboxylic acids is 8. The number of hydrogen-bond donors (Lipinski definition) is 7. The molecule has 1 fully saturated rings. The molecule has 0 aromatic heterocycles. The van der Waals surface area contributed by atoms with Crippen molar-refractivity contribution in [2.75, 3.05) is 0 Å². The molecular formula is C46H73N7O9. The fourth-order valence-electron chi connectivity index (χ4n) is 6.82. The highest BCUT2D eigenvalue weighted by atomic mass is 16.5. The lowest BCUT2D eigenvalue weighted by molar-refractivity contribution is -0.157. The molecule has 7 N–H and O–H groups in total. The SMILES string of the molecule is C/C=C1\NC(=O)[C@H](Cc2ccccc2)NC(=O)[C@@H](C(C)C)NC(=O)[C@@H]([C@@H](C)CC)NC(=O)[C@H](NC(=O)[C@H](NC(=O)CCCC(C)C)[C@@H](C)CC)[C@@H](C)OC(=O)[C@H](C(C)C)NC1=O. The average molecular weight is 868 g/mol. The van der Waals surface area contributed by atoms with Gasteiger partial charge in [0.1, 0.15) is 48.1 Å². The highest BCUT2D eigenvalue weighted by molar-refractivity contribution is 6.02. The van der Waals surface area contributed by atoms with Crippen molar-refractivity contribution in [3.05, 3.63) is 47.7 Å². The summed E-state index contributed by atoms with van der Waals surface area (Å²) in [6.07, 6.45) is 2.58. The maximum atomic E-state index is 14.5. The first-order valence-corrected chi connectivity index (χ1v) is 22.2. The fraction of sp³-hybridized carbons (Fsp3) is 0.652. The minimum Gasteiger partial charge on any atom is -0.458 e. The van der Waals surface area contributed by atoms with Crippen LogP contribution >= 0.6 is 0 Å². The molecule has 0 bridgehead atoms. The number of amides is 7. The van der Waals surface area contributed by atoms with Crippen LogP contribution < -0.4 is 37.2 Å². The molecule has 1 saturated heterocycles. The molecular weight excluding hydrogens is 795 g/mol. The van der Waals surface area contributed by atoms with Crippen LogP contribution in [0, 0.1) is 29.6 Å². The molecule has 1 heterocycles. The summed E-state index contributed by atoms with van der Waals surface area (Å²) in [6, 6.07) is 1.38. The van der Waals surface area contributed by atoms with E-state index in [0.717, 1.165) is 6.42 Å². The zero-order chi connectivity index (χ0) is 46.8. The predicted molar refractivity (Wildman–Crippen MR) is 236 cm³/mol. The van der Waals surface area contributed by atoms with Crippen LogP contribution in [0.25, 0.3) is 0 Å². The summed E-state index contributed by atoms with van der Waals surface area (Å²) >= 11 is 0. The van der Waals surface area contributed by atoms with Gasteiger partial charge < -0.3 is 42.0 Å². The van der Waals surface area contributed by atoms with E-state index < -0.39 is 102 Å². The zero-order valence-corrected chi connectivity index (χ0v) is 38.8. The van der Waals surface area contributed by atoms with Gasteiger partial charge >= 0.3 is 5.97 Å². The molecule has 16 nitrogen and oxygen atoms in total. The van der Waals surface area contributed by atoms with E-state index in [1.54, 1.807) is 71.9 Å². The van der Waals surface area contributed by atoms with Crippen LogP contribution in [0.2, 0.25) is 0 Å². The quantitative estimate of drug-likeness (QED) is 0.101. The summed E-state index contributed by atoms with van der Waals surface area (Å²) in [5.74, 6) is -7.26. The topological polar surface area (TPSA) is 230 Å². The molecule has 0 unspecified atom stereocenters. The smallest absolute Gasteiger partial charge is 0.329 e. The number of esters is 1. The van der Waals surface area contributed by atoms with Crippen LogP contribution in [0.15, 0.2) is 42.1 Å². The van der Waals surface area contributed by atoms with Crippen LogP contribution in [0.4, 0.5) is 0 Å². The number of nitrogens with one attached hydrogen (secondary N) is 7. The third kappa shape index (κ3) is 16.2. The largest absolute Gasteiger partial charge is 0.458 e. The number of benzene rings is 1. The highest BCUT2D eigenvalue weighted by Crippen LogP contribution is 2.16. The Labute approximate surface area is 368 Å². The van der Waals surface area contributed by atoms with Crippen LogP contribution in [0.3, 0.4) is 0 Å². The molecule has 0 spiro atoms. The molecule has 1 aromatic carbocycles. The van der Waals surface area contributed by atoms with Gasteiger partial charge in [-0.3, -0.25) is 33.6 Å². The second-order valence-corrected chi connectivity index (χ2v) is 17.6. The molecule has 0 radical (unpaired) electrons. The van der Waals surface area contributed by atoms with Gasteiger partial charge in [-0.25, -0.2) is 4.79 Å². The van der Waals surface area contributed by atoms with Crippen LogP contribution in [0.5, 0.6) is 0 Å². The summed E-state index contributed by atoms with van der Waals surface area (Å²) in [6.45, 7) is 21.0. The number of ether oxygens (including phenoxy) is 1. The molecule has 1 aliphatic heterocycles. The molecule has 62 heavy (non-hydrogen) atoms. The Balaban J connectivity index is 2.71. The lowest BCUT2D eigenvalue weighted by Crippen LogP contribution is -2.63. The minimum absolute atomic E-state index is 0.0347. The first-order valence-electron chi connectivity index (χ1n) is 22.2. The minimum atomic E-state index is -1.59. The fourth-order valence-corrected chi connectivity index (χ4v) is 6.82. The van der Waals surface area contributed by atoms with E-state index in [4.69, 9.17) is 4.74 Å². The number of allylic oxidation sites excluding steroid dienone is 1. The molecule has 2 rings (SSSR count). The molecule has 1 aromatic rings. The molecule has 0 saturated carbocycles. The van der Waals surface area contributed by atoms with Gasteiger partial charge in [-0.1, -0.05) is 125 Å². The van der Waals surface area contributed by atoms with Crippen molar-refractivity contribution in [1.29, 1.82) is 0 Å². The summed E-state index contributed by atoms with van der Waals surface area (Å²) in [5, 5.41) is 19.1. The Morgan fingerprint density at radius 1 is 0.758 bits per heavy atom.